The third-order valence-electron chi connectivity index (χ3n) is 6.76. The number of amides is 1. The zero-order valence-electron chi connectivity index (χ0n) is 18.8. The van der Waals surface area contributed by atoms with Crippen molar-refractivity contribution in [1.29, 1.82) is 0 Å². The van der Waals surface area contributed by atoms with Gasteiger partial charge in [-0.05, 0) is 56.4 Å². The maximum Gasteiger partial charge on any atom is 0.573 e. The Labute approximate surface area is 202 Å². The molecule has 2 N–H and O–H groups in total. The van der Waals surface area contributed by atoms with Crippen molar-refractivity contribution in [3.8, 4) is 17.0 Å². The fraction of sp³-hybridized carbons (Fsp3) is 0.320. The number of benzene rings is 2. The zero-order chi connectivity index (χ0) is 25.7. The Morgan fingerprint density at radius 3 is 2.47 bits per heavy atom. The summed E-state index contributed by atoms with van der Waals surface area (Å²) in [6.07, 6.45) is 2.33. The van der Waals surface area contributed by atoms with Crippen molar-refractivity contribution in [2.24, 2.45) is 0 Å². The normalized spacial score (nSPS) is 16.8. The number of ether oxygens (including phenoxy) is 1. The summed E-state index contributed by atoms with van der Waals surface area (Å²) in [6.45, 7) is 0. The van der Waals surface area contributed by atoms with Gasteiger partial charge in [0.1, 0.15) is 11.6 Å². The molecule has 5 rings (SSSR count). The van der Waals surface area contributed by atoms with E-state index in [4.69, 9.17) is 0 Å². The van der Waals surface area contributed by atoms with Crippen LogP contribution in [0.25, 0.3) is 11.3 Å². The Hall–Kier alpha value is -3.89. The van der Waals surface area contributed by atoms with E-state index in [1.807, 2.05) is 4.57 Å². The molecule has 0 saturated heterocycles. The van der Waals surface area contributed by atoms with E-state index in [9.17, 15) is 32.3 Å². The van der Waals surface area contributed by atoms with Crippen LogP contribution in [0, 0.1) is 5.82 Å². The van der Waals surface area contributed by atoms with E-state index in [-0.39, 0.29) is 29.7 Å². The Morgan fingerprint density at radius 1 is 1.14 bits per heavy atom. The van der Waals surface area contributed by atoms with Gasteiger partial charge in [-0.25, -0.2) is 14.2 Å². The lowest BCUT2D eigenvalue weighted by Gasteiger charge is -2.26. The second-order valence-electron chi connectivity index (χ2n) is 9.08. The van der Waals surface area contributed by atoms with Gasteiger partial charge < -0.3 is 19.7 Å². The number of imidazole rings is 1. The summed E-state index contributed by atoms with van der Waals surface area (Å²) in [6, 6.07) is 7.42. The third kappa shape index (κ3) is 4.52. The molecule has 188 valence electrons. The maximum atomic E-state index is 14.6. The van der Waals surface area contributed by atoms with Crippen molar-refractivity contribution in [3.63, 3.8) is 0 Å². The SMILES string of the molecule is O=C(O)c1cc(NC(=O)C2(c3ccc(OC(F)(F)F)cc3F)CC2)ccc1-c1cn(C2CCC2)cn1. The molecule has 2 aliphatic rings. The topological polar surface area (TPSA) is 93.5 Å². The molecule has 2 aromatic carbocycles. The molecule has 3 aromatic rings. The number of carbonyl (C=O) groups is 2. The predicted octanol–water partition coefficient (Wildman–Crippen LogP) is 5.68. The number of hydrogen-bond acceptors (Lipinski definition) is 4. The number of carbonyl (C=O) groups excluding carboxylic acids is 1. The first-order chi connectivity index (χ1) is 17.1. The summed E-state index contributed by atoms with van der Waals surface area (Å²) in [5.41, 5.74) is -0.277. The van der Waals surface area contributed by atoms with Crippen LogP contribution in [0.5, 0.6) is 5.75 Å². The van der Waals surface area contributed by atoms with Crippen molar-refractivity contribution in [1.82, 2.24) is 9.55 Å². The Morgan fingerprint density at radius 2 is 1.89 bits per heavy atom. The average Bonchev–Trinajstić information content (AvgIpc) is 3.43. The number of alkyl halides is 3. The minimum atomic E-state index is -4.97. The summed E-state index contributed by atoms with van der Waals surface area (Å²) < 4.78 is 57.6. The van der Waals surface area contributed by atoms with Gasteiger partial charge in [0.25, 0.3) is 0 Å². The lowest BCUT2D eigenvalue weighted by Crippen LogP contribution is -2.29. The van der Waals surface area contributed by atoms with Crippen LogP contribution in [-0.2, 0) is 10.2 Å². The molecule has 2 aliphatic carbocycles. The van der Waals surface area contributed by atoms with Crippen molar-refractivity contribution < 1.29 is 37.0 Å². The molecule has 2 saturated carbocycles. The van der Waals surface area contributed by atoms with E-state index in [1.165, 1.54) is 12.1 Å². The molecular formula is C25H21F4N3O4. The van der Waals surface area contributed by atoms with Crippen LogP contribution in [0.2, 0.25) is 0 Å². The number of rotatable bonds is 7. The van der Waals surface area contributed by atoms with Crippen molar-refractivity contribution in [2.75, 3.05) is 5.32 Å². The standard InChI is InChI=1S/C25H21F4N3O4/c26-20-11-16(36-25(27,28)29)5-7-19(20)24(8-9-24)23(35)31-14-4-6-17(18(10-14)22(33)34)21-12-32(13-30-21)15-2-1-3-15/h4-7,10-13,15H,1-3,8-9H2,(H,31,35)(H,33,34). The molecule has 0 spiro atoms. The van der Waals surface area contributed by atoms with Gasteiger partial charge in [-0.15, -0.1) is 13.2 Å². The second-order valence-corrected chi connectivity index (χ2v) is 9.08. The van der Waals surface area contributed by atoms with Crippen LogP contribution in [0.1, 0.15) is 54.1 Å². The molecule has 1 aromatic heterocycles. The highest BCUT2D eigenvalue weighted by Crippen LogP contribution is 2.50. The Balaban J connectivity index is 1.37. The molecule has 11 heteroatoms. The molecule has 36 heavy (non-hydrogen) atoms. The number of nitrogens with zero attached hydrogens (tertiary/aromatic N) is 2. The lowest BCUT2D eigenvalue weighted by molar-refractivity contribution is -0.274. The van der Waals surface area contributed by atoms with Crippen LogP contribution in [0.3, 0.4) is 0 Å². The Kier molecular flexibility index (Phi) is 5.73. The van der Waals surface area contributed by atoms with E-state index >= 15 is 0 Å². The number of aromatic nitrogens is 2. The number of nitrogens with one attached hydrogen (secondary N) is 1. The molecule has 0 aliphatic heterocycles. The van der Waals surface area contributed by atoms with Crippen molar-refractivity contribution >= 4 is 17.6 Å². The number of halogens is 4. The molecular weight excluding hydrogens is 482 g/mol. The minimum absolute atomic E-state index is 0.0499. The minimum Gasteiger partial charge on any atom is -0.478 e. The molecule has 0 bridgehead atoms. The van der Waals surface area contributed by atoms with Crippen LogP contribution < -0.4 is 10.1 Å². The smallest absolute Gasteiger partial charge is 0.478 e. The number of carboxylic acid groups (broad SMARTS) is 1. The largest absolute Gasteiger partial charge is 0.573 e. The number of carboxylic acids is 1. The fourth-order valence-electron chi connectivity index (χ4n) is 4.46. The lowest BCUT2D eigenvalue weighted by atomic mass is 9.93. The highest BCUT2D eigenvalue weighted by molar-refractivity contribution is 6.03. The molecule has 7 nitrogen and oxygen atoms in total. The number of hydrogen-bond donors (Lipinski definition) is 2. The van der Waals surface area contributed by atoms with Gasteiger partial charge in [0.2, 0.25) is 5.91 Å². The summed E-state index contributed by atoms with van der Waals surface area (Å²) in [4.78, 5) is 29.4. The summed E-state index contributed by atoms with van der Waals surface area (Å²) in [5, 5.41) is 12.4. The third-order valence-corrected chi connectivity index (χ3v) is 6.76. The van der Waals surface area contributed by atoms with Crippen LogP contribution >= 0.6 is 0 Å². The second kappa shape index (κ2) is 8.65. The van der Waals surface area contributed by atoms with Crippen molar-refractivity contribution in [2.45, 2.75) is 49.9 Å². The molecule has 2 fully saturated rings. The zero-order valence-corrected chi connectivity index (χ0v) is 18.8. The van der Waals surface area contributed by atoms with E-state index in [0.29, 0.717) is 23.4 Å². The van der Waals surface area contributed by atoms with Crippen molar-refractivity contribution in [3.05, 3.63) is 65.9 Å². The summed E-state index contributed by atoms with van der Waals surface area (Å²) in [7, 11) is 0. The molecule has 1 heterocycles. The summed E-state index contributed by atoms with van der Waals surface area (Å²) in [5.74, 6) is -3.50. The monoisotopic (exact) mass is 503 g/mol. The van der Waals surface area contributed by atoms with Gasteiger partial charge in [0, 0.05) is 35.1 Å². The average molecular weight is 503 g/mol. The highest BCUT2D eigenvalue weighted by Gasteiger charge is 2.53. The van der Waals surface area contributed by atoms with Gasteiger partial charge in [0.05, 0.1) is 23.0 Å². The van der Waals surface area contributed by atoms with Crippen LogP contribution in [0.15, 0.2) is 48.9 Å². The molecule has 0 radical (unpaired) electrons. The Bertz CT molecular complexity index is 1340. The number of anilines is 1. The molecule has 1 amide bonds. The predicted molar refractivity (Wildman–Crippen MR) is 120 cm³/mol. The van der Waals surface area contributed by atoms with Crippen LogP contribution in [-0.4, -0.2) is 32.9 Å². The van der Waals surface area contributed by atoms with Crippen LogP contribution in [0.4, 0.5) is 23.2 Å². The van der Waals surface area contributed by atoms with Gasteiger partial charge in [0.15, 0.2) is 0 Å². The molecule has 0 atom stereocenters. The highest BCUT2D eigenvalue weighted by atomic mass is 19.4. The fourth-order valence-corrected chi connectivity index (χ4v) is 4.46. The van der Waals surface area contributed by atoms with Gasteiger partial charge in [-0.3, -0.25) is 4.79 Å². The first-order valence-corrected chi connectivity index (χ1v) is 11.3. The van der Waals surface area contributed by atoms with E-state index in [0.717, 1.165) is 31.4 Å². The molecule has 0 unspecified atom stereocenters. The first kappa shape index (κ1) is 23.8. The van der Waals surface area contributed by atoms with Gasteiger partial charge in [-0.1, -0.05) is 6.07 Å². The van der Waals surface area contributed by atoms with E-state index in [2.05, 4.69) is 15.0 Å². The van der Waals surface area contributed by atoms with Gasteiger partial charge >= 0.3 is 12.3 Å². The van der Waals surface area contributed by atoms with Gasteiger partial charge in [-0.2, -0.15) is 0 Å². The quantitative estimate of drug-likeness (QED) is 0.405. The van der Waals surface area contributed by atoms with E-state index in [1.54, 1.807) is 18.6 Å². The number of aromatic carboxylic acids is 1. The maximum absolute atomic E-state index is 14.6. The first-order valence-electron chi connectivity index (χ1n) is 11.3. The van der Waals surface area contributed by atoms with E-state index < -0.39 is 35.2 Å². The summed E-state index contributed by atoms with van der Waals surface area (Å²) >= 11 is 0.